The van der Waals surface area contributed by atoms with E-state index >= 15 is 0 Å². The molecule has 2 aromatic heterocycles. The Morgan fingerprint density at radius 3 is 2.56 bits per heavy atom. The molecule has 0 spiro atoms. The van der Waals surface area contributed by atoms with E-state index in [9.17, 15) is 12.9 Å². The monoisotopic (exact) mass is 377 g/mol. The van der Waals surface area contributed by atoms with Gasteiger partial charge in [-0.05, 0) is 30.9 Å². The Hall–Kier alpha value is -0.679. The molecule has 1 aliphatic carbocycles. The van der Waals surface area contributed by atoms with E-state index in [-0.39, 0.29) is 81.5 Å². The Morgan fingerprint density at radius 2 is 1.96 bits per heavy atom. The van der Waals surface area contributed by atoms with Gasteiger partial charge in [0.2, 0.25) is 0 Å². The summed E-state index contributed by atoms with van der Waals surface area (Å²) in [4.78, 5) is 11.7. The minimum absolute atomic E-state index is 0. The molecule has 0 aliphatic heterocycles. The van der Waals surface area contributed by atoms with E-state index in [1.165, 1.54) is 6.92 Å². The Bertz CT molecular complexity index is 731. The van der Waals surface area contributed by atoms with Gasteiger partial charge in [-0.15, -0.1) is 0 Å². The smallest absolute Gasteiger partial charge is 0.495 e. The van der Waals surface area contributed by atoms with E-state index in [2.05, 4.69) is 15.0 Å². The van der Waals surface area contributed by atoms with Gasteiger partial charge in [0.25, 0.3) is 0 Å². The maximum atomic E-state index is 13.0. The molecule has 2 atom stereocenters. The van der Waals surface area contributed by atoms with Crippen LogP contribution in [0.2, 0.25) is 0 Å². The summed E-state index contributed by atoms with van der Waals surface area (Å²) in [6.07, 6.45) is 3.24. The first-order valence-electron chi connectivity index (χ1n) is 7.54. The van der Waals surface area contributed by atoms with Crippen LogP contribution in [0.1, 0.15) is 23.9 Å². The minimum atomic E-state index is -5.21. The molecule has 0 unspecified atom stereocenters. The van der Waals surface area contributed by atoms with Gasteiger partial charge in [-0.2, -0.15) is 0 Å². The van der Waals surface area contributed by atoms with Crippen molar-refractivity contribution in [1.29, 1.82) is 0 Å². The van der Waals surface area contributed by atoms with Crippen LogP contribution in [0.4, 0.5) is 12.9 Å². The van der Waals surface area contributed by atoms with Crippen molar-refractivity contribution in [1.82, 2.24) is 15.0 Å². The molecule has 0 saturated heterocycles. The van der Waals surface area contributed by atoms with Crippen molar-refractivity contribution in [2.45, 2.75) is 19.3 Å². The Kier molecular flexibility index (Phi) is 6.88. The Morgan fingerprint density at radius 1 is 1.20 bits per heavy atom. The van der Waals surface area contributed by atoms with Gasteiger partial charge in [-0.25, -0.2) is 9.97 Å². The van der Waals surface area contributed by atoms with Crippen molar-refractivity contribution < 1.29 is 73.8 Å². The van der Waals surface area contributed by atoms with Crippen molar-refractivity contribution in [3.8, 4) is 11.6 Å². The molecule has 1 fully saturated rings. The zero-order valence-electron chi connectivity index (χ0n) is 14.2. The number of methoxy groups -OCH3 is 1. The van der Waals surface area contributed by atoms with Crippen LogP contribution < -0.4 is 66.3 Å². The number of ether oxygens (including phenoxy) is 2. The number of halogens is 3. The number of aromatic nitrogens is 3. The fraction of sp³-hybridized carbons (Fsp3) is 0.400. The first-order chi connectivity index (χ1) is 11.4. The molecule has 128 valence electrons. The number of aryl methyl sites for hydroxylation is 1. The van der Waals surface area contributed by atoms with Crippen molar-refractivity contribution in [2.75, 3.05) is 13.7 Å². The van der Waals surface area contributed by atoms with Crippen LogP contribution in [0.5, 0.6) is 11.6 Å². The van der Waals surface area contributed by atoms with Crippen LogP contribution in [0, 0.1) is 12.8 Å². The summed E-state index contributed by atoms with van der Waals surface area (Å²) in [6.45, 7) is -3.50. The number of pyridine rings is 1. The number of rotatable bonds is 6. The summed E-state index contributed by atoms with van der Waals surface area (Å²) in [7, 11) is 1.56. The van der Waals surface area contributed by atoms with Crippen LogP contribution in [0.25, 0.3) is 0 Å². The maximum Gasteiger partial charge on any atom is 1.00 e. The summed E-state index contributed by atoms with van der Waals surface area (Å²) in [5, 5.41) is 0. The normalized spacial score (nSPS) is 19.1. The molecule has 25 heavy (non-hydrogen) atoms. The van der Waals surface area contributed by atoms with Gasteiger partial charge in [-0.3, -0.25) is 4.98 Å². The van der Waals surface area contributed by atoms with Gasteiger partial charge in [-0.1, -0.05) is 0 Å². The molecule has 0 radical (unpaired) electrons. The van der Waals surface area contributed by atoms with Crippen molar-refractivity contribution in [3.63, 3.8) is 0 Å². The molecule has 1 saturated carbocycles. The van der Waals surface area contributed by atoms with Crippen molar-refractivity contribution >= 4 is 12.4 Å². The molecule has 0 bridgehead atoms. The molecule has 2 heterocycles. The summed E-state index contributed by atoms with van der Waals surface area (Å²) in [5.41, 5.74) is 0.00361. The second-order valence-corrected chi connectivity index (χ2v) is 5.79. The fourth-order valence-corrected chi connectivity index (χ4v) is 2.51. The second-order valence-electron chi connectivity index (χ2n) is 5.79. The third-order valence-corrected chi connectivity index (χ3v) is 3.98. The first-order valence-corrected chi connectivity index (χ1v) is 7.54. The molecule has 5 nitrogen and oxygen atoms in total. The zero-order chi connectivity index (χ0) is 17.3. The van der Waals surface area contributed by atoms with Gasteiger partial charge in [0.05, 0.1) is 19.9 Å². The predicted molar refractivity (Wildman–Crippen MR) is 82.6 cm³/mol. The van der Waals surface area contributed by atoms with Gasteiger partial charge in [0, 0.05) is 23.7 Å². The Balaban J connectivity index is 0.00000225. The van der Waals surface area contributed by atoms with Gasteiger partial charge in [0.1, 0.15) is 11.6 Å². The third-order valence-electron chi connectivity index (χ3n) is 3.98. The molecule has 0 amide bonds. The summed E-state index contributed by atoms with van der Waals surface area (Å²) in [5.74, 6) is 0.857. The second kappa shape index (κ2) is 8.34. The van der Waals surface area contributed by atoms with Gasteiger partial charge in [0.15, 0.2) is 5.88 Å². The molecule has 10 heteroatoms. The van der Waals surface area contributed by atoms with Crippen molar-refractivity contribution in [3.05, 3.63) is 36.0 Å². The van der Waals surface area contributed by atoms with E-state index in [1.807, 2.05) is 12.1 Å². The zero-order valence-corrected chi connectivity index (χ0v) is 17.4. The average molecular weight is 377 g/mol. The molecule has 2 aromatic rings. The summed E-state index contributed by atoms with van der Waals surface area (Å²) >= 11 is 0. The summed E-state index contributed by atoms with van der Waals surface area (Å²) < 4.78 is 49.5. The van der Waals surface area contributed by atoms with E-state index in [4.69, 9.17) is 9.47 Å². The topological polar surface area (TPSA) is 57.1 Å². The molecule has 0 aromatic carbocycles. The van der Waals surface area contributed by atoms with E-state index in [1.54, 1.807) is 13.3 Å². The quantitative estimate of drug-likeness (QED) is 0.632. The van der Waals surface area contributed by atoms with Crippen LogP contribution in [0.15, 0.2) is 24.5 Å². The summed E-state index contributed by atoms with van der Waals surface area (Å²) in [6, 6.07) is 3.68. The Labute approximate surface area is 186 Å². The molecular weight excluding hydrogens is 361 g/mol. The number of hydrogen-bond acceptors (Lipinski definition) is 5. The molecule has 3 rings (SSSR count). The van der Waals surface area contributed by atoms with Crippen LogP contribution in [0.3, 0.4) is 0 Å². The van der Waals surface area contributed by atoms with Crippen LogP contribution in [-0.2, 0) is 0 Å². The van der Waals surface area contributed by atoms with Crippen molar-refractivity contribution in [2.24, 2.45) is 5.92 Å². The van der Waals surface area contributed by atoms with Crippen LogP contribution >= 0.6 is 0 Å². The predicted octanol–water partition coefficient (Wildman–Crippen LogP) is -0.570. The molecule has 1 aliphatic rings. The largest absolute Gasteiger partial charge is 1.00 e. The van der Waals surface area contributed by atoms with Crippen LogP contribution in [-0.4, -0.2) is 35.6 Å². The minimum Gasteiger partial charge on any atom is -0.495 e. The van der Waals surface area contributed by atoms with E-state index in [0.29, 0.717) is 5.75 Å². The third kappa shape index (κ3) is 5.16. The SMILES string of the molecule is COc1ccc([C@H]2C[C@@H]2COc2nc(C)ncc2[B-](F)(F)F)nc1.[K+]. The maximum absolute atomic E-state index is 13.0. The fourth-order valence-electron chi connectivity index (χ4n) is 2.51. The molecule has 0 N–H and O–H groups in total. The van der Waals surface area contributed by atoms with Gasteiger partial charge >= 0.3 is 58.4 Å². The number of hydrogen-bond donors (Lipinski definition) is 0. The number of nitrogens with zero attached hydrogens (tertiary/aromatic N) is 3. The van der Waals surface area contributed by atoms with E-state index < -0.39 is 12.4 Å². The molecular formula is C15H16BF3KN3O2. The van der Waals surface area contributed by atoms with Gasteiger partial charge < -0.3 is 22.4 Å². The average Bonchev–Trinajstić information content (AvgIpc) is 3.31. The standard InChI is InChI=1S/C15H16BF3N3O2.K/c1-9-20-7-13(16(17,18)19)15(22-9)24-8-10-5-12(10)14-4-3-11(23-2)6-21-14;/h3-4,6-7,10,12H,5,8H2,1-2H3;/q-1;+1/t10-,12+;/m1./s1. The first kappa shape index (κ1) is 20.6. The van der Waals surface area contributed by atoms with E-state index in [0.717, 1.165) is 18.3 Å².